The van der Waals surface area contributed by atoms with Gasteiger partial charge in [0.1, 0.15) is 5.75 Å². The fraction of sp³-hybridized carbons (Fsp3) is 0.174. The Balaban J connectivity index is 2.11. The van der Waals surface area contributed by atoms with Crippen molar-refractivity contribution in [2.75, 3.05) is 12.4 Å². The van der Waals surface area contributed by atoms with Crippen LogP contribution < -0.4 is 4.74 Å². The molecule has 0 radical (unpaired) electrons. The molecule has 1 N–H and O–H groups in total. The van der Waals surface area contributed by atoms with E-state index < -0.39 is 22.4 Å². The largest absolute Gasteiger partial charge is 0.481 e. The summed E-state index contributed by atoms with van der Waals surface area (Å²) in [5.74, 6) is -0.623. The summed E-state index contributed by atoms with van der Waals surface area (Å²) >= 11 is 0. The first-order chi connectivity index (χ1) is 13.9. The second-order valence-corrected chi connectivity index (χ2v) is 8.72. The molecule has 3 aromatic rings. The van der Waals surface area contributed by atoms with Gasteiger partial charge < -0.3 is 9.84 Å². The van der Waals surface area contributed by atoms with E-state index in [1.54, 1.807) is 30.3 Å². The third kappa shape index (κ3) is 5.03. The lowest BCUT2D eigenvalue weighted by atomic mass is 9.98. The van der Waals surface area contributed by atoms with Gasteiger partial charge in [-0.15, -0.1) is 0 Å². The number of carboxylic acid groups (broad SMARTS) is 1. The van der Waals surface area contributed by atoms with Gasteiger partial charge in [0.15, 0.2) is 16.4 Å². The van der Waals surface area contributed by atoms with Crippen LogP contribution in [0.25, 0.3) is 22.3 Å². The lowest BCUT2D eigenvalue weighted by molar-refractivity contribution is -0.139. The molecule has 0 saturated carbocycles. The van der Waals surface area contributed by atoms with Crippen molar-refractivity contribution in [3.05, 3.63) is 72.8 Å². The van der Waals surface area contributed by atoms with E-state index in [4.69, 9.17) is 9.84 Å². The fourth-order valence-electron chi connectivity index (χ4n) is 3.07. The Morgan fingerprint density at radius 1 is 0.897 bits per heavy atom. The fourth-order valence-corrected chi connectivity index (χ4v) is 4.44. The highest BCUT2D eigenvalue weighted by atomic mass is 32.2. The van der Waals surface area contributed by atoms with E-state index in [1.165, 1.54) is 0 Å². The second-order valence-electron chi connectivity index (χ2n) is 6.61. The van der Waals surface area contributed by atoms with E-state index >= 15 is 0 Å². The molecule has 0 spiro atoms. The van der Waals surface area contributed by atoms with Gasteiger partial charge in [-0.05, 0) is 47.4 Å². The maximum Gasteiger partial charge on any atom is 0.341 e. The Hall–Kier alpha value is -3.12. The zero-order valence-corrected chi connectivity index (χ0v) is 16.9. The lowest BCUT2D eigenvalue weighted by Gasteiger charge is -2.14. The van der Waals surface area contributed by atoms with Gasteiger partial charge in [-0.25, -0.2) is 13.2 Å². The number of hydrogen-bond donors (Lipinski definition) is 1. The number of ether oxygens (including phenoxy) is 1. The summed E-state index contributed by atoms with van der Waals surface area (Å²) < 4.78 is 30.5. The highest BCUT2D eigenvalue weighted by Crippen LogP contribution is 2.35. The molecular formula is C23H22O5S. The molecule has 0 bridgehead atoms. The van der Waals surface area contributed by atoms with E-state index in [-0.39, 0.29) is 10.6 Å². The number of carboxylic acids is 1. The molecule has 0 atom stereocenters. The molecule has 0 fully saturated rings. The van der Waals surface area contributed by atoms with Crippen LogP contribution in [0.3, 0.4) is 0 Å². The molecule has 150 valence electrons. The van der Waals surface area contributed by atoms with Crippen LogP contribution in [-0.4, -0.2) is 31.9 Å². The molecule has 6 heteroatoms. The minimum absolute atomic E-state index is 0.0723. The van der Waals surface area contributed by atoms with Crippen molar-refractivity contribution < 1.29 is 23.1 Å². The van der Waals surface area contributed by atoms with Gasteiger partial charge in [-0.3, -0.25) is 0 Å². The summed E-state index contributed by atoms with van der Waals surface area (Å²) in [6.45, 7) is 1.34. The van der Waals surface area contributed by atoms with Crippen LogP contribution in [0.2, 0.25) is 0 Å². The van der Waals surface area contributed by atoms with Gasteiger partial charge in [0, 0.05) is 5.56 Å². The normalized spacial score (nSPS) is 11.2. The van der Waals surface area contributed by atoms with E-state index in [0.717, 1.165) is 11.1 Å². The summed E-state index contributed by atoms with van der Waals surface area (Å²) in [4.78, 5) is 11.2. The number of carbonyl (C=O) groups is 1. The van der Waals surface area contributed by atoms with Crippen LogP contribution in [0.1, 0.15) is 13.3 Å². The first kappa shape index (κ1) is 20.6. The van der Waals surface area contributed by atoms with Gasteiger partial charge in [0.25, 0.3) is 0 Å². The standard InChI is InChI=1S/C23H22O5S/c1-2-13-29(26,27)20-10-6-9-19(14-20)21-15-18(17-7-4-3-5-8-17)11-12-22(21)28-16-23(24)25/h3-12,14-15H,2,13,16H2,1H3,(H,24,25). The molecule has 3 aromatic carbocycles. The van der Waals surface area contributed by atoms with E-state index in [2.05, 4.69) is 0 Å². The van der Waals surface area contributed by atoms with Crippen LogP contribution in [0.5, 0.6) is 5.75 Å². The monoisotopic (exact) mass is 410 g/mol. The van der Waals surface area contributed by atoms with Crippen molar-refractivity contribution in [1.82, 2.24) is 0 Å². The molecule has 0 heterocycles. The average Bonchev–Trinajstić information content (AvgIpc) is 2.73. The van der Waals surface area contributed by atoms with Gasteiger partial charge in [-0.1, -0.05) is 55.5 Å². The maximum atomic E-state index is 12.5. The van der Waals surface area contributed by atoms with Crippen molar-refractivity contribution >= 4 is 15.8 Å². The Kier molecular flexibility index (Phi) is 6.34. The third-order valence-electron chi connectivity index (χ3n) is 4.41. The second kappa shape index (κ2) is 8.92. The van der Waals surface area contributed by atoms with Crippen LogP contribution in [0.15, 0.2) is 77.7 Å². The quantitative estimate of drug-likeness (QED) is 0.584. The minimum Gasteiger partial charge on any atom is -0.481 e. The molecular weight excluding hydrogens is 388 g/mol. The lowest BCUT2D eigenvalue weighted by Crippen LogP contribution is -2.10. The molecule has 5 nitrogen and oxygen atoms in total. The Labute approximate surface area is 170 Å². The molecule has 0 aliphatic heterocycles. The maximum absolute atomic E-state index is 12.5. The molecule has 0 aromatic heterocycles. The molecule has 0 unspecified atom stereocenters. The van der Waals surface area contributed by atoms with E-state index in [1.807, 2.05) is 49.4 Å². The first-order valence-corrected chi connectivity index (χ1v) is 10.9. The van der Waals surface area contributed by atoms with Crippen LogP contribution in [-0.2, 0) is 14.6 Å². The highest BCUT2D eigenvalue weighted by molar-refractivity contribution is 7.91. The molecule has 0 saturated heterocycles. The van der Waals surface area contributed by atoms with Crippen LogP contribution >= 0.6 is 0 Å². The predicted octanol–water partition coefficient (Wildman–Crippen LogP) is 4.67. The Bertz CT molecular complexity index is 1110. The van der Waals surface area contributed by atoms with E-state index in [9.17, 15) is 13.2 Å². The number of aliphatic carboxylic acids is 1. The van der Waals surface area contributed by atoms with Crippen LogP contribution in [0, 0.1) is 0 Å². The number of rotatable bonds is 8. The number of hydrogen-bond acceptors (Lipinski definition) is 4. The predicted molar refractivity (Wildman–Crippen MR) is 113 cm³/mol. The molecule has 3 rings (SSSR count). The topological polar surface area (TPSA) is 80.7 Å². The molecule has 0 aliphatic carbocycles. The van der Waals surface area contributed by atoms with Gasteiger partial charge >= 0.3 is 5.97 Å². The van der Waals surface area contributed by atoms with Crippen molar-refractivity contribution in [1.29, 1.82) is 0 Å². The SMILES string of the molecule is CCCS(=O)(=O)c1cccc(-c2cc(-c3ccccc3)ccc2OCC(=O)O)c1. The van der Waals surface area contributed by atoms with Crippen molar-refractivity contribution in [3.63, 3.8) is 0 Å². The molecule has 29 heavy (non-hydrogen) atoms. The zero-order chi connectivity index (χ0) is 20.9. The summed E-state index contributed by atoms with van der Waals surface area (Å²) in [6.07, 6.45) is 0.531. The summed E-state index contributed by atoms with van der Waals surface area (Å²) in [5.41, 5.74) is 3.21. The number of benzene rings is 3. The van der Waals surface area contributed by atoms with E-state index in [0.29, 0.717) is 23.3 Å². The molecule has 0 amide bonds. The van der Waals surface area contributed by atoms with Crippen LogP contribution in [0.4, 0.5) is 0 Å². The van der Waals surface area contributed by atoms with Gasteiger partial charge in [-0.2, -0.15) is 0 Å². The summed E-state index contributed by atoms with van der Waals surface area (Å²) in [7, 11) is -3.38. The average molecular weight is 410 g/mol. The summed E-state index contributed by atoms with van der Waals surface area (Å²) in [6, 6.07) is 21.9. The van der Waals surface area contributed by atoms with Crippen molar-refractivity contribution in [3.8, 4) is 28.0 Å². The Morgan fingerprint density at radius 2 is 1.62 bits per heavy atom. The smallest absolute Gasteiger partial charge is 0.341 e. The van der Waals surface area contributed by atoms with Gasteiger partial charge in [0.05, 0.1) is 10.6 Å². The van der Waals surface area contributed by atoms with Gasteiger partial charge in [0.2, 0.25) is 0 Å². The van der Waals surface area contributed by atoms with Crippen molar-refractivity contribution in [2.24, 2.45) is 0 Å². The third-order valence-corrected chi connectivity index (χ3v) is 6.33. The Morgan fingerprint density at radius 3 is 2.31 bits per heavy atom. The minimum atomic E-state index is -3.38. The highest BCUT2D eigenvalue weighted by Gasteiger charge is 2.16. The first-order valence-electron chi connectivity index (χ1n) is 9.28. The number of sulfone groups is 1. The zero-order valence-electron chi connectivity index (χ0n) is 16.0. The molecule has 0 aliphatic rings. The van der Waals surface area contributed by atoms with Crippen molar-refractivity contribution in [2.45, 2.75) is 18.2 Å². The summed E-state index contributed by atoms with van der Waals surface area (Å²) in [5, 5.41) is 8.97.